The Hall–Kier alpha value is -0.660. The Morgan fingerprint density at radius 2 is 1.89 bits per heavy atom. The van der Waals surface area contributed by atoms with Crippen molar-refractivity contribution in [2.45, 2.75) is 45.6 Å². The molecule has 0 radical (unpaired) electrons. The van der Waals surface area contributed by atoms with E-state index in [1.807, 2.05) is 13.8 Å². The van der Waals surface area contributed by atoms with Crippen LogP contribution >= 0.6 is 0 Å². The highest BCUT2D eigenvalue weighted by molar-refractivity contribution is 7.89. The van der Waals surface area contributed by atoms with E-state index in [9.17, 15) is 13.2 Å². The van der Waals surface area contributed by atoms with Gasteiger partial charge in [-0.25, -0.2) is 8.42 Å². The number of esters is 1. The molecule has 0 unspecified atom stereocenters. The Morgan fingerprint density at radius 3 is 2.32 bits per heavy atom. The maximum atomic E-state index is 12.2. The Morgan fingerprint density at radius 1 is 1.32 bits per heavy atom. The number of methoxy groups -OCH3 is 1. The molecule has 7 heteroatoms. The van der Waals surface area contributed by atoms with Crippen LogP contribution in [0.1, 0.15) is 39.5 Å². The Bertz CT molecular complexity index is 351. The normalized spacial score (nSPS) is 12.1. The molecule has 0 saturated heterocycles. The van der Waals surface area contributed by atoms with Crippen LogP contribution in [0.3, 0.4) is 0 Å². The van der Waals surface area contributed by atoms with Gasteiger partial charge in [0, 0.05) is 19.0 Å². The number of hydrogen-bond acceptors (Lipinski definition) is 5. The summed E-state index contributed by atoms with van der Waals surface area (Å²) >= 11 is 0. The van der Waals surface area contributed by atoms with Gasteiger partial charge < -0.3 is 9.84 Å². The average Bonchev–Trinajstić information content (AvgIpc) is 2.38. The molecule has 1 N–H and O–H groups in total. The van der Waals surface area contributed by atoms with Crippen molar-refractivity contribution in [1.82, 2.24) is 4.31 Å². The molecular weight excluding hydrogens is 270 g/mol. The van der Waals surface area contributed by atoms with E-state index in [0.717, 1.165) is 0 Å². The molecule has 19 heavy (non-hydrogen) atoms. The van der Waals surface area contributed by atoms with Crippen LogP contribution in [0, 0.1) is 0 Å². The van der Waals surface area contributed by atoms with Crippen molar-refractivity contribution in [3.8, 4) is 0 Å². The second kappa shape index (κ2) is 9.28. The molecule has 114 valence electrons. The third-order valence-electron chi connectivity index (χ3n) is 3.04. The first-order chi connectivity index (χ1) is 8.92. The number of carbonyl (C=O) groups excluding carboxylic acids is 1. The number of rotatable bonds is 10. The summed E-state index contributed by atoms with van der Waals surface area (Å²) in [6.45, 7) is 3.74. The van der Waals surface area contributed by atoms with Crippen molar-refractivity contribution >= 4 is 16.0 Å². The number of aliphatic hydroxyl groups excluding tert-OH is 1. The summed E-state index contributed by atoms with van der Waals surface area (Å²) < 4.78 is 30.3. The van der Waals surface area contributed by atoms with E-state index in [1.165, 1.54) is 11.4 Å². The molecule has 6 nitrogen and oxygen atoms in total. The standard InChI is InChI=1S/C12H25NO5S/c1-4-11(5-2)13(8-9-14)19(16,17)10-6-7-12(15)18-3/h11,14H,4-10H2,1-3H3. The van der Waals surface area contributed by atoms with Gasteiger partial charge >= 0.3 is 5.97 Å². The van der Waals surface area contributed by atoms with E-state index in [2.05, 4.69) is 4.74 Å². The summed E-state index contributed by atoms with van der Waals surface area (Å²) in [7, 11) is -2.17. The zero-order valence-electron chi connectivity index (χ0n) is 12.0. The van der Waals surface area contributed by atoms with E-state index in [1.54, 1.807) is 0 Å². The topological polar surface area (TPSA) is 83.9 Å². The van der Waals surface area contributed by atoms with Crippen molar-refractivity contribution in [2.24, 2.45) is 0 Å². The van der Waals surface area contributed by atoms with Gasteiger partial charge in [0.25, 0.3) is 0 Å². The number of sulfonamides is 1. The molecule has 0 rings (SSSR count). The lowest BCUT2D eigenvalue weighted by atomic mass is 10.2. The molecule has 0 fully saturated rings. The first kappa shape index (κ1) is 18.3. The highest BCUT2D eigenvalue weighted by atomic mass is 32.2. The van der Waals surface area contributed by atoms with Crippen LogP contribution in [0.25, 0.3) is 0 Å². The SMILES string of the molecule is CCC(CC)N(CCO)S(=O)(=O)CCCC(=O)OC. The summed E-state index contributed by atoms with van der Waals surface area (Å²) in [5.41, 5.74) is 0. The molecule has 0 aromatic heterocycles. The second-order valence-corrected chi connectivity index (χ2v) is 6.34. The van der Waals surface area contributed by atoms with Gasteiger partial charge in [-0.1, -0.05) is 13.8 Å². The van der Waals surface area contributed by atoms with Gasteiger partial charge in [-0.3, -0.25) is 4.79 Å². The lowest BCUT2D eigenvalue weighted by Gasteiger charge is -2.28. The van der Waals surface area contributed by atoms with Gasteiger partial charge in [0.05, 0.1) is 19.5 Å². The third-order valence-corrected chi connectivity index (χ3v) is 5.04. The first-order valence-electron chi connectivity index (χ1n) is 6.60. The van der Waals surface area contributed by atoms with E-state index >= 15 is 0 Å². The molecule has 0 bridgehead atoms. The highest BCUT2D eigenvalue weighted by Crippen LogP contribution is 2.15. The third kappa shape index (κ3) is 6.35. The van der Waals surface area contributed by atoms with E-state index in [0.29, 0.717) is 12.8 Å². The molecule has 0 atom stereocenters. The van der Waals surface area contributed by atoms with Crippen molar-refractivity contribution in [1.29, 1.82) is 0 Å². The summed E-state index contributed by atoms with van der Waals surface area (Å²) in [5, 5.41) is 9.01. The molecule has 0 spiro atoms. The first-order valence-corrected chi connectivity index (χ1v) is 8.21. The molecule has 0 saturated carbocycles. The van der Waals surface area contributed by atoms with E-state index in [-0.39, 0.29) is 37.8 Å². The van der Waals surface area contributed by atoms with Gasteiger partial charge in [-0.2, -0.15) is 4.31 Å². The summed E-state index contributed by atoms with van der Waals surface area (Å²) in [4.78, 5) is 11.0. The van der Waals surface area contributed by atoms with Crippen LogP contribution in [0.2, 0.25) is 0 Å². The predicted octanol–water partition coefficient (Wildman–Crippen LogP) is 0.752. The Kier molecular flexibility index (Phi) is 8.95. The fraction of sp³-hybridized carbons (Fsp3) is 0.917. The van der Waals surface area contributed by atoms with Crippen LogP contribution in [0.5, 0.6) is 0 Å². The lowest BCUT2D eigenvalue weighted by Crippen LogP contribution is -2.42. The molecule has 0 heterocycles. The fourth-order valence-electron chi connectivity index (χ4n) is 1.96. The highest BCUT2D eigenvalue weighted by Gasteiger charge is 2.27. The van der Waals surface area contributed by atoms with E-state index < -0.39 is 16.0 Å². The second-order valence-electron chi connectivity index (χ2n) is 4.30. The van der Waals surface area contributed by atoms with Gasteiger partial charge in [0.1, 0.15) is 0 Å². The predicted molar refractivity (Wildman–Crippen MR) is 73.2 cm³/mol. The van der Waals surface area contributed by atoms with Crippen LogP contribution < -0.4 is 0 Å². The maximum Gasteiger partial charge on any atom is 0.305 e. The monoisotopic (exact) mass is 295 g/mol. The van der Waals surface area contributed by atoms with Crippen LogP contribution in [0.4, 0.5) is 0 Å². The zero-order valence-corrected chi connectivity index (χ0v) is 12.8. The Labute approximate surface area is 115 Å². The molecule has 0 aliphatic heterocycles. The maximum absolute atomic E-state index is 12.2. The van der Waals surface area contributed by atoms with Crippen LogP contribution in [-0.4, -0.2) is 55.9 Å². The van der Waals surface area contributed by atoms with E-state index in [4.69, 9.17) is 5.11 Å². The summed E-state index contributed by atoms with van der Waals surface area (Å²) in [6.07, 6.45) is 1.72. The molecule has 0 aliphatic rings. The average molecular weight is 295 g/mol. The van der Waals surface area contributed by atoms with Gasteiger partial charge in [0.2, 0.25) is 10.0 Å². The molecular formula is C12H25NO5S. The largest absolute Gasteiger partial charge is 0.469 e. The minimum atomic E-state index is -3.45. The van der Waals surface area contributed by atoms with Crippen molar-refractivity contribution in [3.05, 3.63) is 0 Å². The minimum absolute atomic E-state index is 0.0889. The number of ether oxygens (including phenoxy) is 1. The lowest BCUT2D eigenvalue weighted by molar-refractivity contribution is -0.140. The molecule has 0 aromatic carbocycles. The number of carbonyl (C=O) groups is 1. The number of nitrogens with zero attached hydrogens (tertiary/aromatic N) is 1. The molecule has 0 aromatic rings. The van der Waals surface area contributed by atoms with Gasteiger partial charge in [-0.15, -0.1) is 0 Å². The van der Waals surface area contributed by atoms with Crippen molar-refractivity contribution < 1.29 is 23.1 Å². The fourth-order valence-corrected chi connectivity index (χ4v) is 3.82. The zero-order chi connectivity index (χ0) is 14.9. The van der Waals surface area contributed by atoms with Crippen molar-refractivity contribution in [3.63, 3.8) is 0 Å². The minimum Gasteiger partial charge on any atom is -0.469 e. The molecule has 0 aliphatic carbocycles. The van der Waals surface area contributed by atoms with Crippen LogP contribution in [0.15, 0.2) is 0 Å². The Balaban J connectivity index is 4.65. The smallest absolute Gasteiger partial charge is 0.305 e. The van der Waals surface area contributed by atoms with Crippen LogP contribution in [-0.2, 0) is 19.6 Å². The quantitative estimate of drug-likeness (QED) is 0.601. The number of aliphatic hydroxyl groups is 1. The summed E-state index contributed by atoms with van der Waals surface area (Å²) in [6, 6.07) is -0.102. The van der Waals surface area contributed by atoms with Crippen molar-refractivity contribution in [2.75, 3.05) is 26.0 Å². The summed E-state index contributed by atoms with van der Waals surface area (Å²) in [5.74, 6) is -0.509. The number of hydrogen-bond donors (Lipinski definition) is 1. The van der Waals surface area contributed by atoms with Gasteiger partial charge in [0.15, 0.2) is 0 Å². The van der Waals surface area contributed by atoms with Gasteiger partial charge in [-0.05, 0) is 19.3 Å². The molecule has 0 amide bonds.